The topological polar surface area (TPSA) is 108 Å². The van der Waals surface area contributed by atoms with Crippen molar-refractivity contribution in [1.29, 1.82) is 0 Å². The number of rotatable bonds is 4. The van der Waals surface area contributed by atoms with Crippen molar-refractivity contribution in [3.05, 3.63) is 0 Å². The minimum atomic E-state index is -0.396. The summed E-state index contributed by atoms with van der Waals surface area (Å²) in [4.78, 5) is 8.82. The summed E-state index contributed by atoms with van der Waals surface area (Å²) < 4.78 is 0. The molecule has 0 aromatic heterocycles. The summed E-state index contributed by atoms with van der Waals surface area (Å²) >= 11 is 0. The smallest absolute Gasteiger partial charge is 0.133 e. The van der Waals surface area contributed by atoms with Crippen LogP contribution < -0.4 is 16.8 Å². The molecule has 0 saturated heterocycles. The van der Waals surface area contributed by atoms with Crippen molar-refractivity contribution in [1.82, 2.24) is 16.8 Å². The van der Waals surface area contributed by atoms with Crippen LogP contribution in [0.1, 0.15) is 27.7 Å². The number of nitrogens with zero attached hydrogens (tertiary/aromatic N) is 4. The average Bonchev–Trinajstić information content (AvgIpc) is 2.99. The summed E-state index contributed by atoms with van der Waals surface area (Å²) in [6, 6.07) is 0. The Labute approximate surface area is 139 Å². The van der Waals surface area contributed by atoms with Gasteiger partial charge in [0.25, 0.3) is 0 Å². The van der Waals surface area contributed by atoms with E-state index in [1.165, 1.54) is 0 Å². The normalized spacial score (nSPS) is 17.7. The molecule has 2 aliphatic heterocycles. The molecule has 21 heavy (non-hydrogen) atoms. The molecular weight excluding hydrogens is 313 g/mol. The van der Waals surface area contributed by atoms with Crippen molar-refractivity contribution < 1.29 is 0 Å². The Bertz CT molecular complexity index is 378. The first-order valence-corrected chi connectivity index (χ1v) is 6.43. The van der Waals surface area contributed by atoms with Gasteiger partial charge in [0.15, 0.2) is 0 Å². The molecule has 5 N–H and O–H groups in total. The van der Waals surface area contributed by atoms with Gasteiger partial charge in [0.2, 0.25) is 0 Å². The van der Waals surface area contributed by atoms with Crippen LogP contribution in [0.4, 0.5) is 0 Å². The molecule has 9 heteroatoms. The fourth-order valence-electron chi connectivity index (χ4n) is 1.96. The van der Waals surface area contributed by atoms with Gasteiger partial charge in [-0.25, -0.2) is 0 Å². The third-order valence-corrected chi connectivity index (χ3v) is 3.06. The van der Waals surface area contributed by atoms with Gasteiger partial charge in [-0.2, -0.15) is 10.2 Å². The molecule has 0 amide bonds. The number of hydrogen-bond acceptors (Lipinski definition) is 7. The van der Waals surface area contributed by atoms with E-state index >= 15 is 0 Å². The molecule has 0 atom stereocenters. The first kappa shape index (κ1) is 22.4. The van der Waals surface area contributed by atoms with Crippen LogP contribution in [0, 0.1) is 0 Å². The highest BCUT2D eigenvalue weighted by molar-refractivity contribution is 5.93. The molecule has 7 nitrogen and oxygen atoms in total. The van der Waals surface area contributed by atoms with Gasteiger partial charge in [-0.1, -0.05) is 0 Å². The van der Waals surface area contributed by atoms with Crippen LogP contribution in [0.5, 0.6) is 0 Å². The first-order chi connectivity index (χ1) is 8.42. The third-order valence-electron chi connectivity index (χ3n) is 3.06. The standard InChI is InChI=1S/C12H22N6.2ClH.H3N/c1-11(2,9-13-5-6-14-9)17-18-12(3,4)10-15-7-8-16-10;;;/h5-8H2,1-4H3,(H,13,14)(H,15,16);2*1H;1H3. The Morgan fingerprint density at radius 2 is 1.14 bits per heavy atom. The van der Waals surface area contributed by atoms with Gasteiger partial charge in [0.05, 0.1) is 13.1 Å². The molecule has 0 aliphatic carbocycles. The summed E-state index contributed by atoms with van der Waals surface area (Å²) in [6.07, 6.45) is 0. The van der Waals surface area contributed by atoms with Crippen LogP contribution in [0.2, 0.25) is 0 Å². The zero-order chi connectivity index (χ0) is 13.2. The maximum atomic E-state index is 4.47. The first-order valence-electron chi connectivity index (χ1n) is 6.43. The van der Waals surface area contributed by atoms with Crippen molar-refractivity contribution in [2.75, 3.05) is 26.2 Å². The number of azo groups is 1. The molecule has 124 valence electrons. The number of aliphatic imine (C=N–C) groups is 2. The molecule has 0 saturated carbocycles. The highest BCUT2D eigenvalue weighted by atomic mass is 35.5. The summed E-state index contributed by atoms with van der Waals surface area (Å²) in [5, 5.41) is 15.4. The molecule has 0 fully saturated rings. The lowest BCUT2D eigenvalue weighted by molar-refractivity contribution is 0.552. The van der Waals surface area contributed by atoms with Crippen molar-refractivity contribution in [2.45, 2.75) is 38.8 Å². The van der Waals surface area contributed by atoms with Crippen molar-refractivity contribution in [3.63, 3.8) is 0 Å². The lowest BCUT2D eigenvalue weighted by atomic mass is 10.0. The van der Waals surface area contributed by atoms with Crippen molar-refractivity contribution in [2.24, 2.45) is 20.2 Å². The lowest BCUT2D eigenvalue weighted by Gasteiger charge is -2.23. The van der Waals surface area contributed by atoms with Crippen LogP contribution in [-0.4, -0.2) is 48.9 Å². The SMILES string of the molecule is CC(C)(N=NC(C)(C)C1=NCCN1)C1=NCCN1.Cl.Cl.N. The number of nitrogens with one attached hydrogen (secondary N) is 2. The predicted molar refractivity (Wildman–Crippen MR) is 93.1 cm³/mol. The van der Waals surface area contributed by atoms with Crippen LogP contribution >= 0.6 is 24.8 Å². The predicted octanol–water partition coefficient (Wildman–Crippen LogP) is 2.00. The molecule has 2 aliphatic rings. The lowest BCUT2D eigenvalue weighted by Crippen LogP contribution is -2.41. The number of amidine groups is 2. The van der Waals surface area contributed by atoms with E-state index in [1.807, 2.05) is 27.7 Å². The minimum Gasteiger partial charge on any atom is -0.370 e. The summed E-state index contributed by atoms with van der Waals surface area (Å²) in [5.41, 5.74) is -0.792. The van der Waals surface area contributed by atoms with Gasteiger partial charge >= 0.3 is 0 Å². The second-order valence-electron chi connectivity index (χ2n) is 5.63. The second-order valence-corrected chi connectivity index (χ2v) is 5.63. The van der Waals surface area contributed by atoms with E-state index in [2.05, 4.69) is 30.8 Å². The second kappa shape index (κ2) is 8.51. The van der Waals surface area contributed by atoms with E-state index in [9.17, 15) is 0 Å². The van der Waals surface area contributed by atoms with Crippen LogP contribution in [0.15, 0.2) is 20.2 Å². The van der Waals surface area contributed by atoms with Crippen molar-refractivity contribution in [3.8, 4) is 0 Å². The van der Waals surface area contributed by atoms with E-state index in [0.29, 0.717) is 0 Å². The molecule has 0 aromatic rings. The van der Waals surface area contributed by atoms with Gasteiger partial charge in [-0.3, -0.25) is 9.98 Å². The minimum absolute atomic E-state index is 0. The van der Waals surface area contributed by atoms with Gasteiger partial charge < -0.3 is 16.8 Å². The molecule has 0 unspecified atom stereocenters. The average molecular weight is 340 g/mol. The maximum Gasteiger partial charge on any atom is 0.133 e. The van der Waals surface area contributed by atoms with E-state index < -0.39 is 11.1 Å². The van der Waals surface area contributed by atoms with Crippen LogP contribution in [0.3, 0.4) is 0 Å². The van der Waals surface area contributed by atoms with E-state index in [1.54, 1.807) is 0 Å². The Morgan fingerprint density at radius 3 is 1.38 bits per heavy atom. The highest BCUT2D eigenvalue weighted by Crippen LogP contribution is 2.19. The number of halogens is 2. The van der Waals surface area contributed by atoms with Gasteiger partial charge in [0, 0.05) is 13.1 Å². The fourth-order valence-corrected chi connectivity index (χ4v) is 1.96. The van der Waals surface area contributed by atoms with Gasteiger partial charge in [-0.05, 0) is 27.7 Å². The number of hydrogen-bond donors (Lipinski definition) is 3. The molecular formula is C12H27Cl2N7. The van der Waals surface area contributed by atoms with Gasteiger partial charge in [-0.15, -0.1) is 24.8 Å². The maximum absolute atomic E-state index is 4.47. The van der Waals surface area contributed by atoms with E-state index in [4.69, 9.17) is 0 Å². The summed E-state index contributed by atoms with van der Waals surface area (Å²) in [6.45, 7) is 11.5. The zero-order valence-electron chi connectivity index (χ0n) is 13.1. The molecule has 0 aromatic carbocycles. The zero-order valence-corrected chi connectivity index (χ0v) is 14.8. The van der Waals surface area contributed by atoms with Gasteiger partial charge in [0.1, 0.15) is 22.7 Å². The van der Waals surface area contributed by atoms with E-state index in [0.717, 1.165) is 37.9 Å². The van der Waals surface area contributed by atoms with E-state index in [-0.39, 0.29) is 31.0 Å². The molecule has 2 heterocycles. The quantitative estimate of drug-likeness (QED) is 0.681. The summed E-state index contributed by atoms with van der Waals surface area (Å²) in [5.74, 6) is 1.84. The van der Waals surface area contributed by atoms with Crippen molar-refractivity contribution >= 4 is 36.5 Å². The Morgan fingerprint density at radius 1 is 0.810 bits per heavy atom. The summed E-state index contributed by atoms with van der Waals surface area (Å²) in [7, 11) is 0. The Balaban J connectivity index is 0. The molecule has 2 rings (SSSR count). The van der Waals surface area contributed by atoms with Crippen LogP contribution in [0.25, 0.3) is 0 Å². The molecule has 0 radical (unpaired) electrons. The molecule has 0 bridgehead atoms. The largest absolute Gasteiger partial charge is 0.370 e. The fraction of sp³-hybridized carbons (Fsp3) is 0.833. The highest BCUT2D eigenvalue weighted by Gasteiger charge is 2.31. The third kappa shape index (κ3) is 5.41. The van der Waals surface area contributed by atoms with Crippen LogP contribution in [-0.2, 0) is 0 Å². The molecule has 0 spiro atoms. The monoisotopic (exact) mass is 339 g/mol. The Hall–Kier alpha value is -0.920. The Kier molecular flexibility index (Phi) is 9.06.